The molecule has 0 aliphatic carbocycles. The van der Waals surface area contributed by atoms with Crippen molar-refractivity contribution < 1.29 is 9.53 Å². The number of esters is 1. The van der Waals surface area contributed by atoms with Crippen molar-refractivity contribution >= 4 is 5.97 Å². The van der Waals surface area contributed by atoms with Crippen LogP contribution >= 0.6 is 0 Å². The van der Waals surface area contributed by atoms with Crippen LogP contribution in [0.25, 0.3) is 0 Å². The standard InChI is InChI=1S/C11H13NO2.C2H2/c1-7-8(4-5-12)2-3-9-10(7)6-14-11(9)13;1-2/h2-3H,4-6,12H2,1H3;1-2H. The fraction of sp³-hybridized carbons (Fsp3) is 0.308. The Morgan fingerprint density at radius 1 is 1.44 bits per heavy atom. The van der Waals surface area contributed by atoms with E-state index in [4.69, 9.17) is 10.5 Å². The van der Waals surface area contributed by atoms with E-state index in [2.05, 4.69) is 12.8 Å². The SMILES string of the molecule is C#C.Cc1c(CCN)ccc2c1COC2=O. The van der Waals surface area contributed by atoms with E-state index in [9.17, 15) is 4.79 Å². The number of nitrogens with two attached hydrogens (primary N) is 1. The molecule has 2 N–H and O–H groups in total. The van der Waals surface area contributed by atoms with E-state index >= 15 is 0 Å². The third-order valence-electron chi connectivity index (χ3n) is 2.69. The molecule has 3 heteroatoms. The number of fused-ring (bicyclic) bond motifs is 1. The van der Waals surface area contributed by atoms with Crippen molar-refractivity contribution in [2.45, 2.75) is 20.0 Å². The summed E-state index contributed by atoms with van der Waals surface area (Å²) in [5.41, 5.74) is 9.61. The van der Waals surface area contributed by atoms with Crippen molar-refractivity contribution in [1.29, 1.82) is 0 Å². The van der Waals surface area contributed by atoms with Crippen LogP contribution in [0.2, 0.25) is 0 Å². The summed E-state index contributed by atoms with van der Waals surface area (Å²) in [5.74, 6) is -0.206. The zero-order chi connectivity index (χ0) is 12.1. The average Bonchev–Trinajstić information content (AvgIpc) is 2.68. The lowest BCUT2D eigenvalue weighted by molar-refractivity contribution is 0.0535. The summed E-state index contributed by atoms with van der Waals surface area (Å²) >= 11 is 0. The predicted molar refractivity (Wildman–Crippen MR) is 62.9 cm³/mol. The van der Waals surface area contributed by atoms with Gasteiger partial charge in [0, 0.05) is 5.56 Å². The second-order valence-corrected chi connectivity index (χ2v) is 3.49. The summed E-state index contributed by atoms with van der Waals surface area (Å²) in [4.78, 5) is 11.2. The first kappa shape index (κ1) is 12.3. The van der Waals surface area contributed by atoms with Gasteiger partial charge < -0.3 is 10.5 Å². The molecule has 1 aliphatic rings. The molecule has 1 aromatic rings. The molecule has 0 unspecified atom stereocenters. The molecule has 0 aromatic heterocycles. The van der Waals surface area contributed by atoms with Crippen molar-refractivity contribution in [2.24, 2.45) is 5.73 Å². The molecule has 1 heterocycles. The van der Waals surface area contributed by atoms with Crippen molar-refractivity contribution in [3.8, 4) is 12.8 Å². The van der Waals surface area contributed by atoms with E-state index in [-0.39, 0.29) is 5.97 Å². The maximum atomic E-state index is 11.2. The quantitative estimate of drug-likeness (QED) is 0.602. The minimum Gasteiger partial charge on any atom is -0.457 e. The Labute approximate surface area is 95.6 Å². The monoisotopic (exact) mass is 217 g/mol. The Hall–Kier alpha value is -1.79. The van der Waals surface area contributed by atoms with Crippen molar-refractivity contribution in [2.75, 3.05) is 6.54 Å². The summed E-state index contributed by atoms with van der Waals surface area (Å²) in [5, 5.41) is 0. The Balaban J connectivity index is 0.000000606. The largest absolute Gasteiger partial charge is 0.457 e. The third kappa shape index (κ3) is 2.07. The highest BCUT2D eigenvalue weighted by atomic mass is 16.5. The lowest BCUT2D eigenvalue weighted by Gasteiger charge is -2.07. The van der Waals surface area contributed by atoms with Gasteiger partial charge in [-0.25, -0.2) is 4.79 Å². The van der Waals surface area contributed by atoms with Crippen LogP contribution < -0.4 is 5.73 Å². The van der Waals surface area contributed by atoms with E-state index in [1.807, 2.05) is 19.1 Å². The van der Waals surface area contributed by atoms with E-state index in [1.54, 1.807) is 0 Å². The van der Waals surface area contributed by atoms with Gasteiger partial charge in [-0.1, -0.05) is 6.07 Å². The Bertz CT molecular complexity index is 421. The number of hydrogen-bond donors (Lipinski definition) is 1. The van der Waals surface area contributed by atoms with Gasteiger partial charge in [0.05, 0.1) is 5.56 Å². The Kier molecular flexibility index (Phi) is 4.10. The molecule has 0 atom stereocenters. The van der Waals surface area contributed by atoms with Gasteiger partial charge in [-0.05, 0) is 37.1 Å². The second kappa shape index (κ2) is 5.34. The highest BCUT2D eigenvalue weighted by molar-refractivity contribution is 5.93. The zero-order valence-electron chi connectivity index (χ0n) is 9.32. The maximum Gasteiger partial charge on any atom is 0.338 e. The summed E-state index contributed by atoms with van der Waals surface area (Å²) in [6.45, 7) is 3.07. The highest BCUT2D eigenvalue weighted by Gasteiger charge is 2.23. The number of rotatable bonds is 2. The van der Waals surface area contributed by atoms with Crippen LogP contribution in [0.15, 0.2) is 12.1 Å². The fourth-order valence-electron chi connectivity index (χ4n) is 1.82. The molecule has 0 saturated heterocycles. The average molecular weight is 217 g/mol. The lowest BCUT2D eigenvalue weighted by Crippen LogP contribution is -2.05. The highest BCUT2D eigenvalue weighted by Crippen LogP contribution is 2.25. The number of benzene rings is 1. The van der Waals surface area contributed by atoms with E-state index < -0.39 is 0 Å². The number of hydrogen-bond acceptors (Lipinski definition) is 3. The first-order chi connectivity index (χ1) is 7.74. The molecule has 16 heavy (non-hydrogen) atoms. The van der Waals surface area contributed by atoms with Gasteiger partial charge in [0.15, 0.2) is 0 Å². The van der Waals surface area contributed by atoms with Crippen LogP contribution in [0.3, 0.4) is 0 Å². The molecule has 1 aromatic carbocycles. The van der Waals surface area contributed by atoms with Gasteiger partial charge in [0.2, 0.25) is 0 Å². The molecular weight excluding hydrogens is 202 g/mol. The van der Waals surface area contributed by atoms with Crippen LogP contribution in [0.1, 0.15) is 27.0 Å². The Morgan fingerprint density at radius 3 is 2.75 bits per heavy atom. The first-order valence-corrected chi connectivity index (χ1v) is 5.06. The number of carbonyl (C=O) groups excluding carboxylic acids is 1. The molecule has 0 saturated carbocycles. The predicted octanol–water partition coefficient (Wildman–Crippen LogP) is 1.42. The van der Waals surface area contributed by atoms with E-state index in [0.717, 1.165) is 17.5 Å². The number of carbonyl (C=O) groups is 1. The smallest absolute Gasteiger partial charge is 0.338 e. The van der Waals surface area contributed by atoms with Crippen molar-refractivity contribution in [1.82, 2.24) is 0 Å². The molecule has 0 amide bonds. The topological polar surface area (TPSA) is 52.3 Å². The van der Waals surface area contributed by atoms with Gasteiger partial charge in [0.25, 0.3) is 0 Å². The van der Waals surface area contributed by atoms with Crippen LogP contribution in [-0.2, 0) is 17.8 Å². The van der Waals surface area contributed by atoms with Crippen molar-refractivity contribution in [3.05, 3.63) is 34.4 Å². The Morgan fingerprint density at radius 2 is 2.12 bits per heavy atom. The fourth-order valence-corrected chi connectivity index (χ4v) is 1.82. The summed E-state index contributed by atoms with van der Waals surface area (Å²) in [6.07, 6.45) is 8.85. The van der Waals surface area contributed by atoms with Gasteiger partial charge >= 0.3 is 5.97 Å². The molecule has 0 radical (unpaired) electrons. The van der Waals surface area contributed by atoms with Crippen LogP contribution in [-0.4, -0.2) is 12.5 Å². The van der Waals surface area contributed by atoms with E-state index in [0.29, 0.717) is 18.7 Å². The lowest BCUT2D eigenvalue weighted by atomic mass is 9.97. The molecule has 0 spiro atoms. The van der Waals surface area contributed by atoms with Gasteiger partial charge in [-0.2, -0.15) is 0 Å². The summed E-state index contributed by atoms with van der Waals surface area (Å²) in [7, 11) is 0. The number of terminal acetylenes is 1. The summed E-state index contributed by atoms with van der Waals surface area (Å²) in [6, 6.07) is 3.80. The zero-order valence-corrected chi connectivity index (χ0v) is 9.32. The first-order valence-electron chi connectivity index (χ1n) is 5.06. The molecular formula is C13H15NO2. The molecule has 2 rings (SSSR count). The summed E-state index contributed by atoms with van der Waals surface area (Å²) < 4.78 is 4.97. The van der Waals surface area contributed by atoms with E-state index in [1.165, 1.54) is 5.56 Å². The van der Waals surface area contributed by atoms with Crippen molar-refractivity contribution in [3.63, 3.8) is 0 Å². The maximum absolute atomic E-state index is 11.2. The van der Waals surface area contributed by atoms with Gasteiger partial charge in [-0.15, -0.1) is 12.8 Å². The third-order valence-corrected chi connectivity index (χ3v) is 2.69. The van der Waals surface area contributed by atoms with Gasteiger partial charge in [0.1, 0.15) is 6.61 Å². The molecule has 1 aliphatic heterocycles. The van der Waals surface area contributed by atoms with Gasteiger partial charge in [-0.3, -0.25) is 0 Å². The molecule has 0 bridgehead atoms. The molecule has 84 valence electrons. The second-order valence-electron chi connectivity index (χ2n) is 3.49. The molecule has 0 fully saturated rings. The van der Waals surface area contributed by atoms with Crippen LogP contribution in [0.5, 0.6) is 0 Å². The normalized spacial score (nSPS) is 12.4. The number of ether oxygens (including phenoxy) is 1. The van der Waals surface area contributed by atoms with Crippen LogP contribution in [0.4, 0.5) is 0 Å². The van der Waals surface area contributed by atoms with Crippen LogP contribution in [0, 0.1) is 19.8 Å². The molecule has 3 nitrogen and oxygen atoms in total. The minimum atomic E-state index is -0.206. The minimum absolute atomic E-state index is 0.206. The number of cyclic esters (lactones) is 1.